The van der Waals surface area contributed by atoms with E-state index in [0.29, 0.717) is 10.4 Å². The van der Waals surface area contributed by atoms with Crippen LogP contribution in [0.25, 0.3) is 15.3 Å². The Kier molecular flexibility index (Phi) is 2.67. The number of fused-ring (bicyclic) bond motifs is 1. The molecule has 0 saturated carbocycles. The van der Waals surface area contributed by atoms with Gasteiger partial charge in [-0.05, 0) is 0 Å². The Morgan fingerprint density at radius 2 is 1.76 bits per heavy atom. The molecule has 0 radical (unpaired) electrons. The molecule has 0 fully saturated rings. The molecule has 2 aromatic carbocycles. The first-order valence-electron chi connectivity index (χ1n) is 5.13. The van der Waals surface area contributed by atoms with Crippen molar-refractivity contribution in [3.8, 4) is 5.69 Å². The molecule has 0 bridgehead atoms. The average molecular weight is 309 g/mol. The van der Waals surface area contributed by atoms with Crippen LogP contribution in [0.15, 0.2) is 53.3 Å². The van der Waals surface area contributed by atoms with E-state index >= 15 is 0 Å². The second-order valence-corrected chi connectivity index (χ2v) is 6.12. The minimum absolute atomic E-state index is 0.0109. The van der Waals surface area contributed by atoms with E-state index in [1.165, 1.54) is 0 Å². The molecule has 17 heavy (non-hydrogen) atoms. The summed E-state index contributed by atoms with van der Waals surface area (Å²) in [5.74, 6) is 0. The van der Waals surface area contributed by atoms with Crippen LogP contribution in [0.5, 0.6) is 0 Å². The Morgan fingerprint density at radius 1 is 1.00 bits per heavy atom. The molecular weight excluding hydrogens is 301 g/mol. The summed E-state index contributed by atoms with van der Waals surface area (Å²) in [6.07, 6.45) is 0. The van der Waals surface area contributed by atoms with Crippen molar-refractivity contribution < 1.29 is 0 Å². The van der Waals surface area contributed by atoms with Crippen LogP contribution >= 0.6 is 11.6 Å². The van der Waals surface area contributed by atoms with Gasteiger partial charge in [0.15, 0.2) is 0 Å². The van der Waals surface area contributed by atoms with Gasteiger partial charge in [-0.25, -0.2) is 0 Å². The first-order chi connectivity index (χ1) is 8.27. The molecule has 84 valence electrons. The fourth-order valence-electron chi connectivity index (χ4n) is 1.76. The van der Waals surface area contributed by atoms with E-state index in [1.807, 2.05) is 46.0 Å². The molecular formula is C13H8ClNOSe. The SMILES string of the molecule is O=c1c2c(Cl)cccc2[se]n1-c1ccccc1. The second-order valence-electron chi connectivity index (χ2n) is 3.64. The molecule has 0 aliphatic rings. The number of hydrogen-bond donors (Lipinski definition) is 0. The number of aromatic nitrogens is 1. The monoisotopic (exact) mass is 309 g/mol. The topological polar surface area (TPSA) is 22.0 Å². The van der Waals surface area contributed by atoms with Gasteiger partial charge in [0.1, 0.15) is 0 Å². The van der Waals surface area contributed by atoms with Crippen molar-refractivity contribution >= 4 is 36.0 Å². The molecule has 0 aliphatic carbocycles. The Hall–Kier alpha value is -1.28. The van der Waals surface area contributed by atoms with Crippen molar-refractivity contribution in [3.63, 3.8) is 0 Å². The van der Waals surface area contributed by atoms with Gasteiger partial charge in [0.25, 0.3) is 0 Å². The van der Waals surface area contributed by atoms with Crippen LogP contribution < -0.4 is 5.56 Å². The van der Waals surface area contributed by atoms with Crippen LogP contribution in [0.2, 0.25) is 5.02 Å². The summed E-state index contributed by atoms with van der Waals surface area (Å²) >= 11 is 6.06. The van der Waals surface area contributed by atoms with Crippen LogP contribution in [0, 0.1) is 0 Å². The summed E-state index contributed by atoms with van der Waals surface area (Å²) in [6, 6.07) is 15.3. The van der Waals surface area contributed by atoms with E-state index in [2.05, 4.69) is 0 Å². The fraction of sp³-hybridized carbons (Fsp3) is 0. The van der Waals surface area contributed by atoms with E-state index in [-0.39, 0.29) is 20.3 Å². The quantitative estimate of drug-likeness (QED) is 0.634. The van der Waals surface area contributed by atoms with Crippen molar-refractivity contribution in [2.75, 3.05) is 0 Å². The number of para-hydroxylation sites is 1. The first-order valence-corrected chi connectivity index (χ1v) is 7.13. The molecule has 0 unspecified atom stereocenters. The Bertz CT molecular complexity index is 730. The third-order valence-electron chi connectivity index (χ3n) is 2.55. The molecule has 0 aliphatic heterocycles. The van der Waals surface area contributed by atoms with Crippen LogP contribution in [0.3, 0.4) is 0 Å². The minimum atomic E-state index is -0.0152. The zero-order chi connectivity index (χ0) is 11.8. The zero-order valence-electron chi connectivity index (χ0n) is 8.76. The van der Waals surface area contributed by atoms with Crippen molar-refractivity contribution in [2.45, 2.75) is 0 Å². The van der Waals surface area contributed by atoms with Gasteiger partial charge in [-0.15, -0.1) is 0 Å². The number of nitrogens with zero attached hydrogens (tertiary/aromatic N) is 1. The van der Waals surface area contributed by atoms with Crippen molar-refractivity contribution in [3.05, 3.63) is 63.9 Å². The van der Waals surface area contributed by atoms with E-state index in [4.69, 9.17) is 11.6 Å². The van der Waals surface area contributed by atoms with Crippen LogP contribution in [0.1, 0.15) is 0 Å². The maximum absolute atomic E-state index is 12.3. The summed E-state index contributed by atoms with van der Waals surface area (Å²) in [4.78, 5) is 12.3. The number of hydrogen-bond acceptors (Lipinski definition) is 1. The number of benzene rings is 2. The Morgan fingerprint density at radius 3 is 2.47 bits per heavy atom. The van der Waals surface area contributed by atoms with Gasteiger partial charge < -0.3 is 0 Å². The van der Waals surface area contributed by atoms with Crippen LogP contribution in [-0.2, 0) is 0 Å². The summed E-state index contributed by atoms with van der Waals surface area (Å²) in [5, 5.41) is 1.21. The van der Waals surface area contributed by atoms with Gasteiger partial charge in [-0.3, -0.25) is 0 Å². The third kappa shape index (κ3) is 1.77. The van der Waals surface area contributed by atoms with Gasteiger partial charge in [-0.2, -0.15) is 0 Å². The third-order valence-corrected chi connectivity index (χ3v) is 5.17. The van der Waals surface area contributed by atoms with Gasteiger partial charge in [0.2, 0.25) is 0 Å². The van der Waals surface area contributed by atoms with Crippen molar-refractivity contribution in [1.82, 2.24) is 3.56 Å². The van der Waals surface area contributed by atoms with Crippen LogP contribution in [-0.4, -0.2) is 18.3 Å². The summed E-state index contributed by atoms with van der Waals surface area (Å²) < 4.78 is 2.86. The average Bonchev–Trinajstić information content (AvgIpc) is 2.69. The van der Waals surface area contributed by atoms with Gasteiger partial charge in [-0.1, -0.05) is 0 Å². The summed E-state index contributed by atoms with van der Waals surface area (Å²) in [7, 11) is 0. The van der Waals surface area contributed by atoms with Gasteiger partial charge in [0, 0.05) is 0 Å². The predicted octanol–water partition coefficient (Wildman–Crippen LogP) is 2.70. The normalized spacial score (nSPS) is 10.9. The summed E-state index contributed by atoms with van der Waals surface area (Å²) in [5.41, 5.74) is 0.946. The predicted molar refractivity (Wildman–Crippen MR) is 71.5 cm³/mol. The molecule has 0 amide bonds. The van der Waals surface area contributed by atoms with Gasteiger partial charge in [0.05, 0.1) is 0 Å². The van der Waals surface area contributed by atoms with E-state index in [0.717, 1.165) is 9.95 Å². The fourth-order valence-corrected chi connectivity index (χ4v) is 4.30. The van der Waals surface area contributed by atoms with Crippen molar-refractivity contribution in [2.24, 2.45) is 0 Å². The Balaban J connectivity index is 2.37. The standard InChI is InChI=1S/C13H8ClNOSe/c14-10-7-4-8-11-12(10)13(16)15(17-11)9-5-2-1-3-6-9/h1-8H. The summed E-state index contributed by atoms with van der Waals surface area (Å²) in [6.45, 7) is 0. The van der Waals surface area contributed by atoms with Crippen LogP contribution in [0.4, 0.5) is 0 Å². The van der Waals surface area contributed by atoms with Crippen molar-refractivity contribution in [1.29, 1.82) is 0 Å². The molecule has 3 rings (SSSR count). The molecule has 3 aromatic rings. The Labute approximate surface area is 109 Å². The second kappa shape index (κ2) is 4.19. The van der Waals surface area contributed by atoms with E-state index in [1.54, 1.807) is 6.07 Å². The molecule has 4 heteroatoms. The molecule has 0 spiro atoms. The molecule has 1 heterocycles. The molecule has 0 N–H and O–H groups in total. The molecule has 1 aromatic heterocycles. The van der Waals surface area contributed by atoms with E-state index < -0.39 is 0 Å². The number of halogens is 1. The number of rotatable bonds is 1. The first kappa shape index (κ1) is 10.8. The maximum atomic E-state index is 12.3. The molecule has 0 saturated heterocycles. The van der Waals surface area contributed by atoms with Gasteiger partial charge >= 0.3 is 109 Å². The molecule has 0 atom stereocenters. The zero-order valence-corrected chi connectivity index (χ0v) is 11.2. The molecule has 2 nitrogen and oxygen atoms in total. The van der Waals surface area contributed by atoms with E-state index in [9.17, 15) is 4.79 Å².